The minimum Gasteiger partial charge on any atom is -0.224 e. The summed E-state index contributed by atoms with van der Waals surface area (Å²) < 4.78 is 22.8. The van der Waals surface area contributed by atoms with E-state index in [0.717, 1.165) is 5.57 Å². The fraction of sp³-hybridized carbons (Fsp3) is 0.600. The summed E-state index contributed by atoms with van der Waals surface area (Å²) >= 11 is 0. The van der Waals surface area contributed by atoms with Crippen molar-refractivity contribution in [3.05, 3.63) is 22.6 Å². The van der Waals surface area contributed by atoms with Crippen molar-refractivity contribution in [2.24, 2.45) is 5.92 Å². The van der Waals surface area contributed by atoms with E-state index in [9.17, 15) is 8.42 Å². The van der Waals surface area contributed by atoms with Gasteiger partial charge in [-0.05, 0) is 25.3 Å². The van der Waals surface area contributed by atoms with Crippen molar-refractivity contribution < 1.29 is 8.42 Å². The second-order valence-electron chi connectivity index (χ2n) is 3.47. The van der Waals surface area contributed by atoms with E-state index in [1.807, 2.05) is 39.8 Å². The Labute approximate surface area is 81.3 Å². The van der Waals surface area contributed by atoms with E-state index in [1.165, 1.54) is 6.26 Å². The molecule has 0 aliphatic carbocycles. The van der Waals surface area contributed by atoms with Crippen LogP contribution in [0, 0.1) is 5.92 Å². The van der Waals surface area contributed by atoms with Crippen molar-refractivity contribution in [1.29, 1.82) is 0 Å². The van der Waals surface area contributed by atoms with Crippen molar-refractivity contribution in [3.8, 4) is 0 Å². The second-order valence-corrected chi connectivity index (χ2v) is 5.46. The monoisotopic (exact) mass is 202 g/mol. The number of hydrogen-bond acceptors (Lipinski definition) is 2. The van der Waals surface area contributed by atoms with Gasteiger partial charge in [-0.2, -0.15) is 0 Å². The van der Waals surface area contributed by atoms with Crippen LogP contribution in [0.4, 0.5) is 0 Å². The molecule has 0 rings (SSSR count). The van der Waals surface area contributed by atoms with Crippen LogP contribution in [0.3, 0.4) is 0 Å². The van der Waals surface area contributed by atoms with Crippen molar-refractivity contribution in [3.63, 3.8) is 0 Å². The number of rotatable bonds is 3. The average molecular weight is 202 g/mol. The molecule has 0 saturated heterocycles. The van der Waals surface area contributed by atoms with Gasteiger partial charge in [0.1, 0.15) is 0 Å². The normalized spacial score (nSPS) is 15.2. The van der Waals surface area contributed by atoms with E-state index in [1.54, 1.807) is 0 Å². The van der Waals surface area contributed by atoms with Gasteiger partial charge in [-0.1, -0.05) is 26.0 Å². The Kier molecular flexibility index (Phi) is 4.40. The van der Waals surface area contributed by atoms with Crippen LogP contribution in [0.5, 0.6) is 0 Å². The maximum atomic E-state index is 11.4. The minimum absolute atomic E-state index is 0.0474. The van der Waals surface area contributed by atoms with E-state index >= 15 is 0 Å². The van der Waals surface area contributed by atoms with Crippen LogP contribution >= 0.6 is 0 Å². The van der Waals surface area contributed by atoms with Crippen molar-refractivity contribution in [2.45, 2.75) is 27.7 Å². The van der Waals surface area contributed by atoms with Gasteiger partial charge in [-0.25, -0.2) is 8.42 Å². The van der Waals surface area contributed by atoms with Crippen molar-refractivity contribution in [2.75, 3.05) is 6.26 Å². The molecule has 0 radical (unpaired) electrons. The van der Waals surface area contributed by atoms with Gasteiger partial charge in [0.2, 0.25) is 0 Å². The summed E-state index contributed by atoms with van der Waals surface area (Å²) in [5.41, 5.74) is 0.833. The van der Waals surface area contributed by atoms with Gasteiger partial charge in [-0.3, -0.25) is 0 Å². The molecule has 0 aliphatic rings. The van der Waals surface area contributed by atoms with Crippen LogP contribution < -0.4 is 0 Å². The molecule has 0 aromatic carbocycles. The molecule has 0 spiro atoms. The van der Waals surface area contributed by atoms with Crippen LogP contribution in [0.15, 0.2) is 22.6 Å². The molecule has 0 aromatic rings. The highest BCUT2D eigenvalue weighted by Gasteiger charge is 2.16. The Balaban J connectivity index is 5.40. The predicted molar refractivity (Wildman–Crippen MR) is 57.2 cm³/mol. The van der Waals surface area contributed by atoms with Crippen molar-refractivity contribution >= 4 is 9.84 Å². The van der Waals surface area contributed by atoms with Crippen LogP contribution in [0.2, 0.25) is 0 Å². The third kappa shape index (κ3) is 3.77. The van der Waals surface area contributed by atoms with E-state index in [0.29, 0.717) is 4.91 Å². The Hall–Kier alpha value is -0.570. The quantitative estimate of drug-likeness (QED) is 0.659. The van der Waals surface area contributed by atoms with Gasteiger partial charge < -0.3 is 0 Å². The number of allylic oxidation sites excluding steroid dienone is 4. The van der Waals surface area contributed by atoms with Crippen LogP contribution in [-0.4, -0.2) is 14.7 Å². The summed E-state index contributed by atoms with van der Waals surface area (Å²) in [4.78, 5) is 0.533. The predicted octanol–water partition coefficient (Wildman–Crippen LogP) is 2.54. The maximum absolute atomic E-state index is 11.4. The summed E-state index contributed by atoms with van der Waals surface area (Å²) in [6.07, 6.45) is 4.94. The Morgan fingerprint density at radius 2 is 1.77 bits per heavy atom. The van der Waals surface area contributed by atoms with Gasteiger partial charge in [0, 0.05) is 11.2 Å². The fourth-order valence-electron chi connectivity index (χ4n) is 1.51. The summed E-state index contributed by atoms with van der Waals surface area (Å²) in [6, 6.07) is 0. The lowest BCUT2D eigenvalue weighted by Crippen LogP contribution is -2.09. The molecule has 3 heteroatoms. The zero-order chi connectivity index (χ0) is 10.6. The molecule has 0 bridgehead atoms. The molecule has 0 aliphatic heterocycles. The van der Waals surface area contributed by atoms with E-state index < -0.39 is 9.84 Å². The van der Waals surface area contributed by atoms with E-state index in [4.69, 9.17) is 0 Å². The lowest BCUT2D eigenvalue weighted by atomic mass is 10.1. The molecule has 0 N–H and O–H groups in total. The Morgan fingerprint density at radius 3 is 2.00 bits per heavy atom. The smallest absolute Gasteiger partial charge is 0.172 e. The zero-order valence-corrected chi connectivity index (χ0v) is 9.77. The molecule has 0 unspecified atom stereocenters. The van der Waals surface area contributed by atoms with Gasteiger partial charge in [0.25, 0.3) is 0 Å². The maximum Gasteiger partial charge on any atom is 0.172 e. The SMILES string of the molecule is C/C=C\C(C)=C(/C(C)C)S(C)(=O)=O. The molecule has 0 atom stereocenters. The standard InChI is InChI=1S/C10H18O2S/c1-6-7-9(4)10(8(2)3)13(5,11)12/h6-8H,1-5H3/b7-6-,10-9+. The molecule has 13 heavy (non-hydrogen) atoms. The molecule has 0 amide bonds. The highest BCUT2D eigenvalue weighted by atomic mass is 32.2. The summed E-state index contributed by atoms with van der Waals surface area (Å²) in [6.45, 7) is 7.49. The first-order chi connectivity index (χ1) is 5.80. The topological polar surface area (TPSA) is 34.1 Å². The zero-order valence-electron chi connectivity index (χ0n) is 8.96. The second kappa shape index (κ2) is 4.61. The highest BCUT2D eigenvalue weighted by molar-refractivity contribution is 7.94. The van der Waals surface area contributed by atoms with Crippen molar-refractivity contribution in [1.82, 2.24) is 0 Å². The third-order valence-electron chi connectivity index (χ3n) is 1.73. The lowest BCUT2D eigenvalue weighted by molar-refractivity contribution is 0.600. The molecule has 76 valence electrons. The van der Waals surface area contributed by atoms with Crippen LogP contribution in [0.1, 0.15) is 27.7 Å². The van der Waals surface area contributed by atoms with Gasteiger partial charge >= 0.3 is 0 Å². The first-order valence-electron chi connectivity index (χ1n) is 4.34. The summed E-state index contributed by atoms with van der Waals surface area (Å²) in [5.74, 6) is 0.0474. The van der Waals surface area contributed by atoms with Crippen LogP contribution in [0.25, 0.3) is 0 Å². The van der Waals surface area contributed by atoms with E-state index in [-0.39, 0.29) is 5.92 Å². The molecule has 0 aromatic heterocycles. The van der Waals surface area contributed by atoms with Crippen LogP contribution in [-0.2, 0) is 9.84 Å². The molecule has 0 saturated carbocycles. The molecular weight excluding hydrogens is 184 g/mol. The summed E-state index contributed by atoms with van der Waals surface area (Å²) in [7, 11) is -3.06. The van der Waals surface area contributed by atoms with Gasteiger partial charge in [-0.15, -0.1) is 0 Å². The number of hydrogen-bond donors (Lipinski definition) is 0. The number of sulfone groups is 1. The molecule has 0 heterocycles. The third-order valence-corrected chi connectivity index (χ3v) is 3.32. The minimum atomic E-state index is -3.06. The summed E-state index contributed by atoms with van der Waals surface area (Å²) in [5, 5.41) is 0. The Morgan fingerprint density at radius 1 is 1.31 bits per heavy atom. The largest absolute Gasteiger partial charge is 0.224 e. The van der Waals surface area contributed by atoms with E-state index in [2.05, 4.69) is 0 Å². The average Bonchev–Trinajstić information content (AvgIpc) is 1.82. The fourth-order valence-corrected chi connectivity index (χ4v) is 3.02. The Bertz CT molecular complexity index is 319. The molecule has 2 nitrogen and oxygen atoms in total. The van der Waals surface area contributed by atoms with Gasteiger partial charge in [0.15, 0.2) is 9.84 Å². The highest BCUT2D eigenvalue weighted by Crippen LogP contribution is 2.21. The first-order valence-corrected chi connectivity index (χ1v) is 6.23. The van der Waals surface area contributed by atoms with Gasteiger partial charge in [0.05, 0.1) is 0 Å². The lowest BCUT2D eigenvalue weighted by Gasteiger charge is -2.11. The molecular formula is C10H18O2S. The molecule has 0 fully saturated rings. The first kappa shape index (κ1) is 12.4.